The van der Waals surface area contributed by atoms with Gasteiger partial charge in [-0.15, -0.1) is 0 Å². The van der Waals surface area contributed by atoms with E-state index in [0.29, 0.717) is 22.6 Å². The molecule has 1 unspecified atom stereocenters. The average Bonchev–Trinajstić information content (AvgIpc) is 2.78. The maximum absolute atomic E-state index is 13.2. The van der Waals surface area contributed by atoms with Crippen LogP contribution in [0.2, 0.25) is 0 Å². The highest BCUT2D eigenvalue weighted by molar-refractivity contribution is 5.90. The third-order valence-corrected chi connectivity index (χ3v) is 2.82. The number of nitrogens with zero attached hydrogens (tertiary/aromatic N) is 3. The molecule has 1 aliphatic rings. The quantitative estimate of drug-likeness (QED) is 0.835. The minimum absolute atomic E-state index is 0.328. The van der Waals surface area contributed by atoms with Crippen LogP contribution in [-0.4, -0.2) is 16.2 Å². The summed E-state index contributed by atoms with van der Waals surface area (Å²) in [6.45, 7) is 0. The number of anilines is 1. The van der Waals surface area contributed by atoms with Crippen LogP contribution in [0.3, 0.4) is 0 Å². The lowest BCUT2D eigenvalue weighted by atomic mass is 10.0. The van der Waals surface area contributed by atoms with Crippen molar-refractivity contribution in [3.63, 3.8) is 0 Å². The highest BCUT2D eigenvalue weighted by Crippen LogP contribution is 2.32. The SMILES string of the molecule is Nc1ncnc2c1C=NC2c1ccc(F)c(F)c1. The van der Waals surface area contributed by atoms with E-state index in [2.05, 4.69) is 15.0 Å². The van der Waals surface area contributed by atoms with Crippen molar-refractivity contribution >= 4 is 12.0 Å². The van der Waals surface area contributed by atoms with Crippen molar-refractivity contribution in [2.24, 2.45) is 4.99 Å². The van der Waals surface area contributed by atoms with Gasteiger partial charge >= 0.3 is 0 Å². The molecule has 0 spiro atoms. The van der Waals surface area contributed by atoms with Crippen LogP contribution in [0.4, 0.5) is 14.6 Å². The number of nitrogens with two attached hydrogens (primary N) is 1. The number of halogens is 2. The van der Waals surface area contributed by atoms with Gasteiger partial charge in [-0.2, -0.15) is 0 Å². The van der Waals surface area contributed by atoms with Crippen LogP contribution in [0.25, 0.3) is 0 Å². The number of benzene rings is 1. The molecule has 1 atom stereocenters. The van der Waals surface area contributed by atoms with Crippen molar-refractivity contribution < 1.29 is 8.78 Å². The molecule has 0 aliphatic carbocycles. The van der Waals surface area contributed by atoms with E-state index in [4.69, 9.17) is 5.73 Å². The van der Waals surface area contributed by atoms with E-state index in [1.54, 1.807) is 6.21 Å². The predicted molar refractivity (Wildman–Crippen MR) is 62.2 cm³/mol. The zero-order valence-corrected chi connectivity index (χ0v) is 9.14. The molecule has 0 saturated carbocycles. The first-order valence-corrected chi connectivity index (χ1v) is 5.25. The summed E-state index contributed by atoms with van der Waals surface area (Å²) in [6.07, 6.45) is 2.88. The lowest BCUT2D eigenvalue weighted by Gasteiger charge is -2.09. The van der Waals surface area contributed by atoms with Crippen molar-refractivity contribution in [1.29, 1.82) is 0 Å². The third-order valence-electron chi connectivity index (χ3n) is 2.82. The number of hydrogen-bond donors (Lipinski definition) is 1. The first kappa shape index (κ1) is 10.8. The zero-order valence-electron chi connectivity index (χ0n) is 9.14. The predicted octanol–water partition coefficient (Wildman–Crippen LogP) is 1.86. The summed E-state index contributed by atoms with van der Waals surface area (Å²) in [7, 11) is 0. The first-order valence-electron chi connectivity index (χ1n) is 5.25. The van der Waals surface area contributed by atoms with Crippen LogP contribution < -0.4 is 5.73 Å². The highest BCUT2D eigenvalue weighted by Gasteiger charge is 2.24. The van der Waals surface area contributed by atoms with Gasteiger partial charge in [-0.25, -0.2) is 18.7 Å². The molecule has 0 radical (unpaired) electrons. The molecule has 90 valence electrons. The van der Waals surface area contributed by atoms with Crippen LogP contribution in [-0.2, 0) is 0 Å². The van der Waals surface area contributed by atoms with Crippen molar-refractivity contribution in [2.45, 2.75) is 6.04 Å². The van der Waals surface area contributed by atoms with Gasteiger partial charge in [0, 0.05) is 6.21 Å². The molecule has 3 rings (SSSR count). The monoisotopic (exact) mass is 246 g/mol. The van der Waals surface area contributed by atoms with E-state index in [1.807, 2.05) is 0 Å². The maximum atomic E-state index is 13.2. The van der Waals surface area contributed by atoms with Crippen LogP contribution in [0.5, 0.6) is 0 Å². The van der Waals surface area contributed by atoms with Gasteiger partial charge in [0.1, 0.15) is 18.2 Å². The fraction of sp³-hybridized carbons (Fsp3) is 0.0833. The van der Waals surface area contributed by atoms with E-state index in [-0.39, 0.29) is 0 Å². The number of fused-ring (bicyclic) bond motifs is 1. The molecule has 0 bridgehead atoms. The summed E-state index contributed by atoms with van der Waals surface area (Å²) in [5, 5.41) is 0. The van der Waals surface area contributed by atoms with E-state index >= 15 is 0 Å². The van der Waals surface area contributed by atoms with Gasteiger partial charge in [0.15, 0.2) is 11.6 Å². The molecular formula is C12H8F2N4. The lowest BCUT2D eigenvalue weighted by molar-refractivity contribution is 0.506. The molecular weight excluding hydrogens is 238 g/mol. The minimum atomic E-state index is -0.904. The Bertz CT molecular complexity index is 655. The van der Waals surface area contributed by atoms with Crippen molar-refractivity contribution in [3.05, 3.63) is 53.0 Å². The summed E-state index contributed by atoms with van der Waals surface area (Å²) in [5.41, 5.74) is 7.46. The van der Waals surface area contributed by atoms with Gasteiger partial charge in [-0.1, -0.05) is 6.07 Å². The molecule has 6 heteroatoms. The van der Waals surface area contributed by atoms with Crippen molar-refractivity contribution in [1.82, 2.24) is 9.97 Å². The molecule has 2 aromatic rings. The summed E-state index contributed by atoms with van der Waals surface area (Å²) < 4.78 is 26.1. The van der Waals surface area contributed by atoms with Gasteiger partial charge in [-0.05, 0) is 17.7 Å². The zero-order chi connectivity index (χ0) is 12.7. The van der Waals surface area contributed by atoms with Crippen LogP contribution in [0, 0.1) is 11.6 Å². The van der Waals surface area contributed by atoms with E-state index in [1.165, 1.54) is 12.4 Å². The van der Waals surface area contributed by atoms with E-state index < -0.39 is 17.7 Å². The molecule has 1 aromatic carbocycles. The van der Waals surface area contributed by atoms with Crippen LogP contribution in [0.15, 0.2) is 29.5 Å². The number of aliphatic imine (C=N–C) groups is 1. The fourth-order valence-electron chi connectivity index (χ4n) is 1.92. The van der Waals surface area contributed by atoms with Crippen molar-refractivity contribution in [2.75, 3.05) is 5.73 Å². The Morgan fingerprint density at radius 2 is 1.94 bits per heavy atom. The molecule has 0 fully saturated rings. The first-order chi connectivity index (χ1) is 8.66. The third kappa shape index (κ3) is 1.54. The van der Waals surface area contributed by atoms with Gasteiger partial charge in [0.2, 0.25) is 0 Å². The molecule has 2 heterocycles. The smallest absolute Gasteiger partial charge is 0.159 e. The number of aromatic nitrogens is 2. The molecule has 0 saturated heterocycles. The number of nitrogen functional groups attached to an aromatic ring is 1. The second-order valence-corrected chi connectivity index (χ2v) is 3.91. The Morgan fingerprint density at radius 1 is 1.11 bits per heavy atom. The number of hydrogen-bond acceptors (Lipinski definition) is 4. The molecule has 2 N–H and O–H groups in total. The minimum Gasteiger partial charge on any atom is -0.383 e. The topological polar surface area (TPSA) is 64.2 Å². The molecule has 1 aromatic heterocycles. The Kier molecular flexibility index (Phi) is 2.29. The second-order valence-electron chi connectivity index (χ2n) is 3.91. The largest absolute Gasteiger partial charge is 0.383 e. The van der Waals surface area contributed by atoms with Crippen LogP contribution in [0.1, 0.15) is 22.9 Å². The van der Waals surface area contributed by atoms with Gasteiger partial charge < -0.3 is 5.73 Å². The normalized spacial score (nSPS) is 16.9. The molecule has 0 amide bonds. The van der Waals surface area contributed by atoms with Gasteiger partial charge in [0.25, 0.3) is 0 Å². The molecule has 1 aliphatic heterocycles. The lowest BCUT2D eigenvalue weighted by Crippen LogP contribution is -2.04. The Balaban J connectivity index is 2.09. The standard InChI is InChI=1S/C12H8F2N4/c13-8-2-1-6(3-9(8)14)10-11-7(4-16-10)12(15)18-5-17-11/h1-5,10H,(H2,15,17,18). The van der Waals surface area contributed by atoms with Gasteiger partial charge in [0.05, 0.1) is 11.3 Å². The summed E-state index contributed by atoms with van der Waals surface area (Å²) in [4.78, 5) is 12.2. The Labute approximate surface area is 101 Å². The van der Waals surface area contributed by atoms with Crippen molar-refractivity contribution in [3.8, 4) is 0 Å². The average molecular weight is 246 g/mol. The summed E-state index contributed by atoms with van der Waals surface area (Å²) in [6, 6.07) is 3.21. The number of rotatable bonds is 1. The summed E-state index contributed by atoms with van der Waals surface area (Å²) in [5.74, 6) is -1.46. The maximum Gasteiger partial charge on any atom is 0.159 e. The molecule has 4 nitrogen and oxygen atoms in total. The van der Waals surface area contributed by atoms with Gasteiger partial charge in [-0.3, -0.25) is 4.99 Å². The second kappa shape index (κ2) is 3.83. The van der Waals surface area contributed by atoms with E-state index in [0.717, 1.165) is 12.1 Å². The Morgan fingerprint density at radius 3 is 2.72 bits per heavy atom. The fourth-order valence-corrected chi connectivity index (χ4v) is 1.92. The summed E-state index contributed by atoms with van der Waals surface area (Å²) >= 11 is 0. The molecule has 18 heavy (non-hydrogen) atoms. The highest BCUT2D eigenvalue weighted by atomic mass is 19.2. The van der Waals surface area contributed by atoms with E-state index in [9.17, 15) is 8.78 Å². The Hall–Kier alpha value is -2.37. The van der Waals surface area contributed by atoms with Crippen LogP contribution >= 0.6 is 0 Å².